The summed E-state index contributed by atoms with van der Waals surface area (Å²) < 4.78 is 11.2. The van der Waals surface area contributed by atoms with Gasteiger partial charge < -0.3 is 19.9 Å². The molecule has 1 amide bonds. The number of rotatable bonds is 8. The average Bonchev–Trinajstić information content (AvgIpc) is 2.84. The molecule has 35 heavy (non-hydrogen) atoms. The molecule has 0 fully saturated rings. The third-order valence-corrected chi connectivity index (χ3v) is 5.65. The maximum Gasteiger partial charge on any atom is 0.335 e. The summed E-state index contributed by atoms with van der Waals surface area (Å²) in [5.74, 6) is -0.947. The van der Waals surface area contributed by atoms with Crippen molar-refractivity contribution in [3.05, 3.63) is 93.0 Å². The van der Waals surface area contributed by atoms with Crippen LogP contribution in [0.3, 0.4) is 0 Å². The SMILES string of the molecule is COc1cc(/C=C(\C#N)C(=O)Nc2cccc(C)c2C)cc(Cl)c1OCc1ccc(C(=O)O)cc1. The molecule has 0 saturated carbocycles. The fraction of sp³-hybridized carbons (Fsp3) is 0.148. The first-order chi connectivity index (χ1) is 16.7. The number of benzene rings is 3. The van der Waals surface area contributed by atoms with Gasteiger partial charge in [0.1, 0.15) is 18.2 Å². The molecule has 2 N–H and O–H groups in total. The number of carboxylic acid groups (broad SMARTS) is 1. The van der Waals surface area contributed by atoms with Gasteiger partial charge in [0.05, 0.1) is 17.7 Å². The van der Waals surface area contributed by atoms with E-state index in [4.69, 9.17) is 26.2 Å². The van der Waals surface area contributed by atoms with E-state index in [9.17, 15) is 14.9 Å². The van der Waals surface area contributed by atoms with Crippen LogP contribution in [0.2, 0.25) is 5.02 Å². The first kappa shape index (κ1) is 25.3. The maximum absolute atomic E-state index is 12.7. The Morgan fingerprint density at radius 3 is 2.49 bits per heavy atom. The molecule has 3 aromatic rings. The first-order valence-electron chi connectivity index (χ1n) is 10.6. The van der Waals surface area contributed by atoms with Crippen LogP contribution in [-0.2, 0) is 11.4 Å². The Balaban J connectivity index is 1.81. The molecule has 0 atom stereocenters. The zero-order valence-corrected chi connectivity index (χ0v) is 20.1. The minimum Gasteiger partial charge on any atom is -0.493 e. The standard InChI is InChI=1S/C27H23ClN2O5/c1-16-5-4-6-23(17(16)2)30-26(31)21(14-29)11-19-12-22(28)25(24(13-19)34-3)35-15-18-7-9-20(10-8-18)27(32)33/h4-13H,15H2,1-3H3,(H,30,31)(H,32,33)/b21-11+. The van der Waals surface area contributed by atoms with Crippen molar-refractivity contribution in [3.63, 3.8) is 0 Å². The van der Waals surface area contributed by atoms with Crippen LogP contribution in [0.5, 0.6) is 11.5 Å². The van der Waals surface area contributed by atoms with Crippen LogP contribution in [-0.4, -0.2) is 24.1 Å². The molecule has 0 aliphatic carbocycles. The minimum atomic E-state index is -1.01. The van der Waals surface area contributed by atoms with Gasteiger partial charge in [-0.25, -0.2) is 4.79 Å². The van der Waals surface area contributed by atoms with Crippen LogP contribution >= 0.6 is 11.6 Å². The van der Waals surface area contributed by atoms with E-state index in [1.165, 1.54) is 25.3 Å². The Kier molecular flexibility index (Phi) is 8.13. The fourth-order valence-corrected chi connectivity index (χ4v) is 3.53. The number of carbonyl (C=O) groups is 2. The van der Waals surface area contributed by atoms with Crippen molar-refractivity contribution in [3.8, 4) is 17.6 Å². The number of nitrogens with one attached hydrogen (secondary N) is 1. The number of carboxylic acids is 1. The second-order valence-corrected chi connectivity index (χ2v) is 8.10. The van der Waals surface area contributed by atoms with Gasteiger partial charge in [-0.2, -0.15) is 5.26 Å². The lowest BCUT2D eigenvalue weighted by atomic mass is 10.1. The zero-order chi connectivity index (χ0) is 25.5. The summed E-state index contributed by atoms with van der Waals surface area (Å²) in [6.07, 6.45) is 1.42. The van der Waals surface area contributed by atoms with Gasteiger partial charge in [0, 0.05) is 5.69 Å². The summed E-state index contributed by atoms with van der Waals surface area (Å²) in [4.78, 5) is 23.7. The second kappa shape index (κ2) is 11.2. The van der Waals surface area contributed by atoms with Crippen molar-refractivity contribution < 1.29 is 24.2 Å². The molecule has 0 spiro atoms. The molecule has 0 radical (unpaired) electrons. The number of aryl methyl sites for hydroxylation is 1. The number of amides is 1. The fourth-order valence-electron chi connectivity index (χ4n) is 3.25. The van der Waals surface area contributed by atoms with Crippen LogP contribution < -0.4 is 14.8 Å². The summed E-state index contributed by atoms with van der Waals surface area (Å²) >= 11 is 6.43. The van der Waals surface area contributed by atoms with Crippen molar-refractivity contribution in [2.45, 2.75) is 20.5 Å². The number of carbonyl (C=O) groups excluding carboxylic acids is 1. The lowest BCUT2D eigenvalue weighted by molar-refractivity contribution is -0.112. The third kappa shape index (κ3) is 6.19. The average molecular weight is 491 g/mol. The highest BCUT2D eigenvalue weighted by atomic mass is 35.5. The highest BCUT2D eigenvalue weighted by Crippen LogP contribution is 2.37. The van der Waals surface area contributed by atoms with Crippen LogP contribution in [0, 0.1) is 25.2 Å². The molecule has 0 aromatic heterocycles. The highest BCUT2D eigenvalue weighted by molar-refractivity contribution is 6.32. The number of methoxy groups -OCH3 is 1. The second-order valence-electron chi connectivity index (χ2n) is 7.70. The van der Waals surface area contributed by atoms with Crippen molar-refractivity contribution in [1.82, 2.24) is 0 Å². The Hall–Kier alpha value is -4.28. The molecule has 3 rings (SSSR count). The molecule has 8 heteroatoms. The summed E-state index contributed by atoms with van der Waals surface area (Å²) in [6.45, 7) is 3.96. The van der Waals surface area contributed by atoms with Crippen LogP contribution in [0.25, 0.3) is 6.08 Å². The Morgan fingerprint density at radius 1 is 1.14 bits per heavy atom. The predicted molar refractivity (Wildman–Crippen MR) is 134 cm³/mol. The van der Waals surface area contributed by atoms with Crippen molar-refractivity contribution in [2.24, 2.45) is 0 Å². The molecule has 0 aliphatic heterocycles. The van der Waals surface area contributed by atoms with E-state index in [1.54, 1.807) is 30.3 Å². The van der Waals surface area contributed by atoms with Crippen LogP contribution in [0.4, 0.5) is 5.69 Å². The molecule has 3 aromatic carbocycles. The van der Waals surface area contributed by atoms with E-state index in [-0.39, 0.29) is 28.5 Å². The molecular formula is C27H23ClN2O5. The monoisotopic (exact) mass is 490 g/mol. The van der Waals surface area contributed by atoms with E-state index in [0.29, 0.717) is 17.0 Å². The highest BCUT2D eigenvalue weighted by Gasteiger charge is 2.15. The lowest BCUT2D eigenvalue weighted by Crippen LogP contribution is -2.14. The summed E-state index contributed by atoms with van der Waals surface area (Å²) in [6, 6.07) is 16.9. The van der Waals surface area contributed by atoms with E-state index < -0.39 is 11.9 Å². The van der Waals surface area contributed by atoms with Gasteiger partial charge in [0.15, 0.2) is 11.5 Å². The van der Waals surface area contributed by atoms with Gasteiger partial charge in [-0.15, -0.1) is 0 Å². The molecule has 0 bridgehead atoms. The Morgan fingerprint density at radius 2 is 1.86 bits per heavy atom. The summed E-state index contributed by atoms with van der Waals surface area (Å²) in [5, 5.41) is 21.6. The molecule has 0 saturated heterocycles. The van der Waals surface area contributed by atoms with Gasteiger partial charge in [-0.05, 0) is 72.5 Å². The Bertz CT molecular complexity index is 1340. The molecule has 0 heterocycles. The van der Waals surface area contributed by atoms with Crippen LogP contribution in [0.1, 0.15) is 32.6 Å². The van der Waals surface area contributed by atoms with Crippen molar-refractivity contribution in [2.75, 3.05) is 12.4 Å². The summed E-state index contributed by atoms with van der Waals surface area (Å²) in [7, 11) is 1.45. The Labute approximate surface area is 208 Å². The summed E-state index contributed by atoms with van der Waals surface area (Å²) in [5.41, 5.74) is 3.88. The third-order valence-electron chi connectivity index (χ3n) is 5.36. The number of halogens is 1. The first-order valence-corrected chi connectivity index (χ1v) is 10.9. The number of hydrogen-bond donors (Lipinski definition) is 2. The van der Waals surface area contributed by atoms with Gasteiger partial charge in [-0.1, -0.05) is 35.9 Å². The quantitative estimate of drug-likeness (QED) is 0.305. The predicted octanol–water partition coefficient (Wildman–Crippen LogP) is 5.79. The van der Waals surface area contributed by atoms with Gasteiger partial charge >= 0.3 is 5.97 Å². The topological polar surface area (TPSA) is 109 Å². The van der Waals surface area contributed by atoms with Crippen LogP contribution in [0.15, 0.2) is 60.2 Å². The van der Waals surface area contributed by atoms with E-state index in [1.807, 2.05) is 32.0 Å². The number of nitrogens with zero attached hydrogens (tertiary/aromatic N) is 1. The van der Waals surface area contributed by atoms with E-state index >= 15 is 0 Å². The lowest BCUT2D eigenvalue weighted by Gasteiger charge is -2.14. The van der Waals surface area contributed by atoms with E-state index in [2.05, 4.69) is 5.32 Å². The smallest absolute Gasteiger partial charge is 0.335 e. The van der Waals surface area contributed by atoms with Crippen molar-refractivity contribution in [1.29, 1.82) is 5.26 Å². The number of ether oxygens (including phenoxy) is 2. The molecular weight excluding hydrogens is 468 g/mol. The van der Waals surface area contributed by atoms with E-state index in [0.717, 1.165) is 16.7 Å². The number of hydrogen-bond acceptors (Lipinski definition) is 5. The number of anilines is 1. The zero-order valence-electron chi connectivity index (χ0n) is 19.4. The molecule has 0 unspecified atom stereocenters. The normalized spacial score (nSPS) is 10.9. The molecule has 178 valence electrons. The molecule has 0 aliphatic rings. The van der Waals surface area contributed by atoms with Crippen molar-refractivity contribution >= 4 is 35.2 Å². The number of nitriles is 1. The van der Waals surface area contributed by atoms with Gasteiger partial charge in [0.2, 0.25) is 0 Å². The number of aromatic carboxylic acids is 1. The van der Waals surface area contributed by atoms with Gasteiger partial charge in [-0.3, -0.25) is 4.79 Å². The van der Waals surface area contributed by atoms with Gasteiger partial charge in [0.25, 0.3) is 5.91 Å². The largest absolute Gasteiger partial charge is 0.493 e. The molecule has 7 nitrogen and oxygen atoms in total. The minimum absolute atomic E-state index is 0.101. The maximum atomic E-state index is 12.7.